The van der Waals surface area contributed by atoms with Crippen LogP contribution in [0.1, 0.15) is 57.2 Å². The topological polar surface area (TPSA) is 81.7 Å². The molecule has 0 spiro atoms. The molecule has 1 aromatic carbocycles. The minimum atomic E-state index is -1.43. The van der Waals surface area contributed by atoms with Gasteiger partial charge in [-0.05, 0) is 46.1 Å². The van der Waals surface area contributed by atoms with Crippen molar-refractivity contribution >= 4 is 17.8 Å². The number of ether oxygens (including phenoxy) is 2. The molecule has 6 heteroatoms. The van der Waals surface area contributed by atoms with Crippen LogP contribution in [-0.2, 0) is 19.1 Å². The number of alkyl carbamates (subject to hydrolysis) is 1. The van der Waals surface area contributed by atoms with Crippen molar-refractivity contribution in [3.63, 3.8) is 0 Å². The Kier molecular flexibility index (Phi) is 5.74. The largest absolute Gasteiger partial charge is 0.468 e. The molecule has 2 rings (SSSR count). The monoisotopic (exact) mass is 361 g/mol. The number of ketones is 1. The van der Waals surface area contributed by atoms with Gasteiger partial charge >= 0.3 is 12.1 Å². The molecule has 1 saturated carbocycles. The molecule has 142 valence electrons. The Morgan fingerprint density at radius 3 is 2.27 bits per heavy atom. The summed E-state index contributed by atoms with van der Waals surface area (Å²) in [5, 5.41) is 2.75. The maximum atomic E-state index is 12.8. The summed E-state index contributed by atoms with van der Waals surface area (Å²) >= 11 is 0. The number of esters is 1. The number of rotatable bonds is 4. The number of hydrogen-bond acceptors (Lipinski definition) is 5. The molecular weight excluding hydrogens is 334 g/mol. The zero-order valence-electron chi connectivity index (χ0n) is 16.0. The summed E-state index contributed by atoms with van der Waals surface area (Å²) in [4.78, 5) is 37.8. The normalized spacial score (nSPS) is 21.2. The summed E-state index contributed by atoms with van der Waals surface area (Å²) in [5.41, 5.74) is -0.419. The minimum absolute atomic E-state index is 0.217. The van der Waals surface area contributed by atoms with E-state index < -0.39 is 29.1 Å². The van der Waals surface area contributed by atoms with E-state index in [1.807, 2.05) is 31.2 Å². The lowest BCUT2D eigenvalue weighted by atomic mass is 9.74. The molecule has 2 atom stereocenters. The van der Waals surface area contributed by atoms with Crippen molar-refractivity contribution in [2.45, 2.75) is 58.6 Å². The van der Waals surface area contributed by atoms with E-state index in [0.29, 0.717) is 18.4 Å². The maximum absolute atomic E-state index is 12.8. The summed E-state index contributed by atoms with van der Waals surface area (Å²) in [7, 11) is 1.26. The number of carbonyl (C=O) groups excluding carboxylic acids is 3. The highest BCUT2D eigenvalue weighted by Crippen LogP contribution is 2.46. The molecule has 6 nitrogen and oxygen atoms in total. The van der Waals surface area contributed by atoms with Crippen molar-refractivity contribution in [1.82, 2.24) is 5.32 Å². The number of methoxy groups -OCH3 is 1. The summed E-state index contributed by atoms with van der Waals surface area (Å²) in [6, 6.07) is 6.54. The first-order valence-electron chi connectivity index (χ1n) is 8.78. The summed E-state index contributed by atoms with van der Waals surface area (Å²) < 4.78 is 10.3. The maximum Gasteiger partial charge on any atom is 0.408 e. The number of Topliss-reactive ketones (excluding diaryl/α,β-unsaturated/α-hetero) is 1. The molecule has 0 aliphatic heterocycles. The first kappa shape index (κ1) is 19.9. The lowest BCUT2D eigenvalue weighted by Gasteiger charge is -2.35. The van der Waals surface area contributed by atoms with E-state index in [0.717, 1.165) is 5.56 Å². The van der Waals surface area contributed by atoms with E-state index in [2.05, 4.69) is 5.32 Å². The third kappa shape index (κ3) is 4.06. The Labute approximate surface area is 154 Å². The second kappa shape index (κ2) is 7.48. The second-order valence-electron chi connectivity index (χ2n) is 7.73. The number of amides is 1. The van der Waals surface area contributed by atoms with Gasteiger partial charge in [-0.15, -0.1) is 0 Å². The van der Waals surface area contributed by atoms with Gasteiger partial charge in [-0.1, -0.05) is 29.8 Å². The molecule has 1 aromatic rings. The fourth-order valence-electron chi connectivity index (χ4n) is 3.39. The van der Waals surface area contributed by atoms with Crippen LogP contribution in [0.2, 0.25) is 0 Å². The van der Waals surface area contributed by atoms with Gasteiger partial charge in [0, 0.05) is 6.42 Å². The van der Waals surface area contributed by atoms with Gasteiger partial charge < -0.3 is 14.8 Å². The number of nitrogens with one attached hydrogen (secondary N) is 1. The SMILES string of the molecule is COC(=O)[C@@]1([C@H](NC(=O)OC(C)(C)C)c2ccc(C)cc2)CCCC1=O. The summed E-state index contributed by atoms with van der Waals surface area (Å²) in [6.07, 6.45) is 0.512. The first-order valence-corrected chi connectivity index (χ1v) is 8.78. The Morgan fingerprint density at radius 2 is 1.81 bits per heavy atom. The van der Waals surface area contributed by atoms with Crippen LogP contribution in [-0.4, -0.2) is 30.6 Å². The van der Waals surface area contributed by atoms with Gasteiger partial charge in [-0.25, -0.2) is 4.79 Å². The highest BCUT2D eigenvalue weighted by molar-refractivity contribution is 6.06. The molecular formula is C20H27NO5. The highest BCUT2D eigenvalue weighted by atomic mass is 16.6. The number of aryl methyl sites for hydroxylation is 1. The van der Waals surface area contributed by atoms with Crippen molar-refractivity contribution in [1.29, 1.82) is 0 Å². The fourth-order valence-corrected chi connectivity index (χ4v) is 3.39. The molecule has 1 aliphatic carbocycles. The quantitative estimate of drug-likeness (QED) is 0.656. The van der Waals surface area contributed by atoms with Crippen LogP contribution in [0.5, 0.6) is 0 Å². The average Bonchev–Trinajstić information content (AvgIpc) is 2.93. The van der Waals surface area contributed by atoms with E-state index in [9.17, 15) is 14.4 Å². The van der Waals surface area contributed by atoms with Crippen LogP contribution in [0.25, 0.3) is 0 Å². The van der Waals surface area contributed by atoms with E-state index >= 15 is 0 Å². The zero-order chi connectivity index (χ0) is 19.5. The Balaban J connectivity index is 2.48. The second-order valence-corrected chi connectivity index (χ2v) is 7.73. The molecule has 0 heterocycles. The summed E-state index contributed by atoms with van der Waals surface area (Å²) in [6.45, 7) is 7.20. The smallest absolute Gasteiger partial charge is 0.408 e. The van der Waals surface area contributed by atoms with E-state index in [4.69, 9.17) is 9.47 Å². The van der Waals surface area contributed by atoms with E-state index in [1.165, 1.54) is 7.11 Å². The molecule has 26 heavy (non-hydrogen) atoms. The van der Waals surface area contributed by atoms with Crippen molar-refractivity contribution in [2.75, 3.05) is 7.11 Å². The molecule has 0 aromatic heterocycles. The van der Waals surface area contributed by atoms with E-state index in [1.54, 1.807) is 20.8 Å². The average molecular weight is 361 g/mol. The summed E-state index contributed by atoms with van der Waals surface area (Å²) in [5.74, 6) is -0.840. The number of hydrogen-bond donors (Lipinski definition) is 1. The predicted octanol–water partition coefficient (Wildman–Crippen LogP) is 3.47. The van der Waals surface area contributed by atoms with Crippen molar-refractivity contribution in [2.24, 2.45) is 5.41 Å². The third-order valence-electron chi connectivity index (χ3n) is 4.59. The van der Waals surface area contributed by atoms with Crippen molar-refractivity contribution in [3.05, 3.63) is 35.4 Å². The fraction of sp³-hybridized carbons (Fsp3) is 0.550. The first-order chi connectivity index (χ1) is 12.1. The highest BCUT2D eigenvalue weighted by Gasteiger charge is 2.56. The van der Waals surface area contributed by atoms with Crippen LogP contribution in [0.4, 0.5) is 4.79 Å². The zero-order valence-corrected chi connectivity index (χ0v) is 16.0. The van der Waals surface area contributed by atoms with Crippen molar-refractivity contribution in [3.8, 4) is 0 Å². The molecule has 1 N–H and O–H groups in total. The van der Waals surface area contributed by atoms with Gasteiger partial charge in [0.15, 0.2) is 11.2 Å². The van der Waals surface area contributed by atoms with Crippen LogP contribution in [0.15, 0.2) is 24.3 Å². The molecule has 0 bridgehead atoms. The third-order valence-corrected chi connectivity index (χ3v) is 4.59. The van der Waals surface area contributed by atoms with Gasteiger partial charge in [0.2, 0.25) is 0 Å². The predicted molar refractivity (Wildman–Crippen MR) is 96.6 cm³/mol. The Hall–Kier alpha value is -2.37. The van der Waals surface area contributed by atoms with Crippen LogP contribution in [0, 0.1) is 12.3 Å². The van der Waals surface area contributed by atoms with Gasteiger partial charge in [0.25, 0.3) is 0 Å². The van der Waals surface area contributed by atoms with Gasteiger partial charge in [0.1, 0.15) is 5.60 Å². The van der Waals surface area contributed by atoms with Gasteiger partial charge in [-0.2, -0.15) is 0 Å². The molecule has 0 radical (unpaired) electrons. The molecule has 0 unspecified atom stereocenters. The standard InChI is InChI=1S/C20H27NO5/c1-13-8-10-14(11-9-13)16(21-18(24)26-19(2,3)4)20(17(23)25-5)12-6-7-15(20)22/h8-11,16H,6-7,12H2,1-5H3,(H,21,24)/t16-,20+/m1/s1. The molecule has 1 amide bonds. The number of benzene rings is 1. The minimum Gasteiger partial charge on any atom is -0.468 e. The van der Waals surface area contributed by atoms with Crippen LogP contribution >= 0.6 is 0 Å². The van der Waals surface area contributed by atoms with E-state index in [-0.39, 0.29) is 12.2 Å². The Morgan fingerprint density at radius 1 is 1.19 bits per heavy atom. The lowest BCUT2D eigenvalue weighted by molar-refractivity contribution is -0.158. The van der Waals surface area contributed by atoms with Crippen LogP contribution < -0.4 is 5.32 Å². The number of carbonyl (C=O) groups is 3. The van der Waals surface area contributed by atoms with Gasteiger partial charge in [0.05, 0.1) is 13.2 Å². The molecule has 1 fully saturated rings. The molecule has 0 saturated heterocycles. The van der Waals surface area contributed by atoms with Crippen molar-refractivity contribution < 1.29 is 23.9 Å². The van der Waals surface area contributed by atoms with Gasteiger partial charge in [-0.3, -0.25) is 9.59 Å². The molecule has 1 aliphatic rings. The van der Waals surface area contributed by atoms with Crippen LogP contribution in [0.3, 0.4) is 0 Å². The lowest BCUT2D eigenvalue weighted by Crippen LogP contribution is -2.50. The Bertz CT molecular complexity index is 689.